The van der Waals surface area contributed by atoms with Crippen LogP contribution in [0.15, 0.2) is 57.8 Å². The standard InChI is InChI=1S/C21H23ClFN5/c22-16-6-3-15-12-27-13-26-28(20(27)11-25-19(15)10-16)17-7-4-14(5-8-17)21-18(23)2-1-9-24-21/h1-2,9-11,13-14,17,25H,3-8,12H2. The first kappa shape index (κ1) is 17.7. The molecule has 1 fully saturated rings. The van der Waals surface area contributed by atoms with E-state index in [1.54, 1.807) is 12.3 Å². The number of allylic oxidation sites excluding steroid dienone is 2. The summed E-state index contributed by atoms with van der Waals surface area (Å²) in [6, 6.07) is 3.49. The second kappa shape index (κ2) is 7.24. The van der Waals surface area contributed by atoms with Gasteiger partial charge in [0, 0.05) is 35.6 Å². The Bertz CT molecular complexity index is 898. The minimum atomic E-state index is -0.185. The highest BCUT2D eigenvalue weighted by atomic mass is 35.5. The molecule has 0 saturated heterocycles. The summed E-state index contributed by atoms with van der Waals surface area (Å²) < 4.78 is 14.1. The van der Waals surface area contributed by atoms with Crippen molar-refractivity contribution in [2.45, 2.75) is 50.5 Å². The average Bonchev–Trinajstić information content (AvgIpc) is 3.02. The van der Waals surface area contributed by atoms with E-state index >= 15 is 0 Å². The number of rotatable bonds is 2. The molecule has 2 aliphatic heterocycles. The van der Waals surface area contributed by atoms with Crippen LogP contribution in [0.1, 0.15) is 50.1 Å². The maximum absolute atomic E-state index is 14.1. The van der Waals surface area contributed by atoms with E-state index in [-0.39, 0.29) is 11.7 Å². The zero-order chi connectivity index (χ0) is 19.1. The minimum absolute atomic E-state index is 0.185. The van der Waals surface area contributed by atoms with E-state index in [1.165, 1.54) is 11.6 Å². The minimum Gasteiger partial charge on any atom is -0.358 e. The topological polar surface area (TPSA) is 43.8 Å². The zero-order valence-corrected chi connectivity index (χ0v) is 16.4. The Morgan fingerprint density at radius 3 is 2.86 bits per heavy atom. The molecule has 2 aliphatic carbocycles. The summed E-state index contributed by atoms with van der Waals surface area (Å²) in [7, 11) is 0. The van der Waals surface area contributed by atoms with E-state index in [9.17, 15) is 4.39 Å². The maximum Gasteiger partial charge on any atom is 0.147 e. The summed E-state index contributed by atoms with van der Waals surface area (Å²) in [6.45, 7) is 0.837. The first-order valence-corrected chi connectivity index (χ1v) is 10.3. The van der Waals surface area contributed by atoms with Crippen LogP contribution in [0.4, 0.5) is 4.39 Å². The third-order valence-electron chi connectivity index (χ3n) is 6.13. The lowest BCUT2D eigenvalue weighted by Gasteiger charge is -2.34. The van der Waals surface area contributed by atoms with Crippen LogP contribution in [-0.4, -0.2) is 33.8 Å². The highest BCUT2D eigenvalue weighted by Crippen LogP contribution is 2.38. The van der Waals surface area contributed by atoms with E-state index in [2.05, 4.69) is 25.3 Å². The quantitative estimate of drug-likeness (QED) is 0.801. The monoisotopic (exact) mass is 399 g/mol. The van der Waals surface area contributed by atoms with Crippen molar-refractivity contribution in [3.05, 3.63) is 64.2 Å². The van der Waals surface area contributed by atoms with Crippen LogP contribution in [0.2, 0.25) is 0 Å². The van der Waals surface area contributed by atoms with Crippen LogP contribution in [0.5, 0.6) is 0 Å². The molecule has 4 aliphatic rings. The second-order valence-corrected chi connectivity index (χ2v) is 8.32. The third kappa shape index (κ3) is 3.20. The van der Waals surface area contributed by atoms with E-state index < -0.39 is 0 Å². The molecule has 0 bridgehead atoms. The van der Waals surface area contributed by atoms with Gasteiger partial charge in [0.1, 0.15) is 18.0 Å². The molecule has 0 amide bonds. The van der Waals surface area contributed by atoms with Crippen molar-refractivity contribution in [2.75, 3.05) is 6.54 Å². The zero-order valence-electron chi connectivity index (χ0n) is 15.6. The average molecular weight is 400 g/mol. The Kier molecular flexibility index (Phi) is 4.59. The molecule has 5 rings (SSSR count). The van der Waals surface area contributed by atoms with Gasteiger partial charge < -0.3 is 10.2 Å². The molecule has 28 heavy (non-hydrogen) atoms. The predicted molar refractivity (Wildman–Crippen MR) is 108 cm³/mol. The number of fused-ring (bicyclic) bond motifs is 1. The number of nitrogens with one attached hydrogen (secondary N) is 1. The Balaban J connectivity index is 1.28. The van der Waals surface area contributed by atoms with Crippen LogP contribution in [0, 0.1) is 5.82 Å². The van der Waals surface area contributed by atoms with Crippen molar-refractivity contribution in [3.8, 4) is 0 Å². The fourth-order valence-electron chi connectivity index (χ4n) is 4.60. The first-order valence-electron chi connectivity index (χ1n) is 9.94. The van der Waals surface area contributed by atoms with Gasteiger partial charge in [-0.3, -0.25) is 4.98 Å². The van der Waals surface area contributed by atoms with Gasteiger partial charge in [0.15, 0.2) is 0 Å². The Morgan fingerprint density at radius 1 is 1.18 bits per heavy atom. The number of pyridine rings is 1. The predicted octanol–water partition coefficient (Wildman–Crippen LogP) is 4.38. The molecule has 1 saturated carbocycles. The van der Waals surface area contributed by atoms with Crippen molar-refractivity contribution < 1.29 is 4.39 Å². The fourth-order valence-corrected chi connectivity index (χ4v) is 4.81. The lowest BCUT2D eigenvalue weighted by Crippen LogP contribution is -2.35. The molecule has 0 unspecified atom stereocenters. The Labute approximate surface area is 169 Å². The molecular formula is C21H23ClFN5. The molecule has 3 heterocycles. The Morgan fingerprint density at radius 2 is 2.04 bits per heavy atom. The summed E-state index contributed by atoms with van der Waals surface area (Å²) >= 11 is 6.22. The first-order chi connectivity index (χ1) is 13.7. The molecule has 0 radical (unpaired) electrons. The highest BCUT2D eigenvalue weighted by molar-refractivity contribution is 6.29. The van der Waals surface area contributed by atoms with Gasteiger partial charge in [-0.05, 0) is 62.3 Å². The number of nitrogens with zero attached hydrogens (tertiary/aromatic N) is 4. The van der Waals surface area contributed by atoms with Gasteiger partial charge in [-0.25, -0.2) is 9.40 Å². The van der Waals surface area contributed by atoms with Crippen molar-refractivity contribution >= 4 is 17.9 Å². The summed E-state index contributed by atoms with van der Waals surface area (Å²) in [5.41, 5.74) is 3.09. The molecule has 0 spiro atoms. The molecule has 0 aromatic carbocycles. The lowest BCUT2D eigenvalue weighted by molar-refractivity contribution is 0.182. The van der Waals surface area contributed by atoms with Gasteiger partial charge in [-0.2, -0.15) is 5.10 Å². The summed E-state index contributed by atoms with van der Waals surface area (Å²) in [4.78, 5) is 6.48. The maximum atomic E-state index is 14.1. The molecule has 146 valence electrons. The van der Waals surface area contributed by atoms with Crippen molar-refractivity contribution in [1.82, 2.24) is 20.2 Å². The van der Waals surface area contributed by atoms with Crippen LogP contribution >= 0.6 is 11.6 Å². The second-order valence-electron chi connectivity index (χ2n) is 7.83. The van der Waals surface area contributed by atoms with Gasteiger partial charge in [0.2, 0.25) is 0 Å². The van der Waals surface area contributed by atoms with Gasteiger partial charge in [0.25, 0.3) is 0 Å². The van der Waals surface area contributed by atoms with Crippen molar-refractivity contribution in [3.63, 3.8) is 0 Å². The number of hydrogen-bond donors (Lipinski definition) is 1. The van der Waals surface area contributed by atoms with Gasteiger partial charge in [0.05, 0.1) is 11.7 Å². The van der Waals surface area contributed by atoms with Crippen LogP contribution in [0.3, 0.4) is 0 Å². The van der Waals surface area contributed by atoms with Crippen molar-refractivity contribution in [2.24, 2.45) is 5.10 Å². The summed E-state index contributed by atoms with van der Waals surface area (Å²) in [5, 5.41) is 11.1. The molecule has 0 atom stereocenters. The molecule has 1 N–H and O–H groups in total. The molecule has 1 aromatic heterocycles. The number of hydrogen-bond acceptors (Lipinski definition) is 5. The van der Waals surface area contributed by atoms with Gasteiger partial charge >= 0.3 is 0 Å². The van der Waals surface area contributed by atoms with E-state index in [0.717, 1.165) is 61.6 Å². The number of halogens is 2. The fraction of sp³-hybridized carbons (Fsp3) is 0.429. The normalized spacial score (nSPS) is 26.9. The van der Waals surface area contributed by atoms with Crippen molar-refractivity contribution in [1.29, 1.82) is 0 Å². The lowest BCUT2D eigenvalue weighted by atomic mass is 9.83. The Hall–Kier alpha value is -2.34. The van der Waals surface area contributed by atoms with Gasteiger partial charge in [-0.1, -0.05) is 11.6 Å². The van der Waals surface area contributed by atoms with Crippen LogP contribution in [-0.2, 0) is 0 Å². The molecule has 7 heteroatoms. The molecule has 5 nitrogen and oxygen atoms in total. The molecular weight excluding hydrogens is 377 g/mol. The van der Waals surface area contributed by atoms with Gasteiger partial charge in [-0.15, -0.1) is 0 Å². The molecule has 1 aromatic rings. The van der Waals surface area contributed by atoms with E-state index in [0.29, 0.717) is 11.7 Å². The summed E-state index contributed by atoms with van der Waals surface area (Å²) in [5.74, 6) is 1.09. The third-order valence-corrected chi connectivity index (χ3v) is 6.42. The van der Waals surface area contributed by atoms with Crippen LogP contribution in [0.25, 0.3) is 0 Å². The smallest absolute Gasteiger partial charge is 0.147 e. The SMILES string of the molecule is Fc1cccnc1C1CCC(N2N=CN3CC4=C(C=C(Cl)CC4)NC=C32)CC1. The van der Waals surface area contributed by atoms with E-state index in [4.69, 9.17) is 11.6 Å². The highest BCUT2D eigenvalue weighted by Gasteiger charge is 2.34. The number of aromatic nitrogens is 1. The van der Waals surface area contributed by atoms with E-state index in [1.807, 2.05) is 18.6 Å². The number of hydrazone groups is 1. The largest absolute Gasteiger partial charge is 0.358 e. The van der Waals surface area contributed by atoms with Crippen LogP contribution < -0.4 is 5.32 Å². The summed E-state index contributed by atoms with van der Waals surface area (Å²) in [6.07, 6.45) is 13.4.